The molecule has 2 unspecified atom stereocenters. The Morgan fingerprint density at radius 1 is 0.861 bits per heavy atom. The highest BCUT2D eigenvalue weighted by atomic mass is 19.1. The maximum absolute atomic E-state index is 15.0. The number of piperazine rings is 1. The number of halogens is 3. The van der Waals surface area contributed by atoms with Crippen molar-refractivity contribution in [1.29, 1.82) is 0 Å². The molecule has 5 aliphatic rings. The van der Waals surface area contributed by atoms with Gasteiger partial charge in [-0.3, -0.25) is 38.6 Å². The predicted molar refractivity (Wildman–Crippen MR) is 290 cm³/mol. The van der Waals surface area contributed by atoms with E-state index in [0.717, 1.165) is 42.4 Å². The molecule has 9 rings (SSSR count). The van der Waals surface area contributed by atoms with Crippen LogP contribution >= 0.6 is 0 Å². The topological polar surface area (TPSA) is 206 Å². The lowest BCUT2D eigenvalue weighted by Gasteiger charge is -2.43. The van der Waals surface area contributed by atoms with Gasteiger partial charge in [-0.1, -0.05) is 36.4 Å². The van der Waals surface area contributed by atoms with Gasteiger partial charge in [0.05, 0.1) is 37.8 Å². The Morgan fingerprint density at radius 3 is 2.32 bits per heavy atom. The molecule has 6 amide bonds. The number of nitrogens with zero attached hydrogens (tertiary/aromatic N) is 4. The van der Waals surface area contributed by atoms with Crippen molar-refractivity contribution < 1.29 is 51.4 Å². The van der Waals surface area contributed by atoms with Crippen LogP contribution in [0.15, 0.2) is 78.9 Å². The summed E-state index contributed by atoms with van der Waals surface area (Å²) in [6, 6.07) is 16.9. The van der Waals surface area contributed by atoms with Crippen LogP contribution in [0.5, 0.6) is 0 Å². The van der Waals surface area contributed by atoms with E-state index >= 15 is 8.78 Å². The zero-order valence-electron chi connectivity index (χ0n) is 45.3. The maximum Gasteiger partial charge on any atom is 0.252 e. The van der Waals surface area contributed by atoms with Gasteiger partial charge in [0.25, 0.3) is 5.91 Å². The summed E-state index contributed by atoms with van der Waals surface area (Å²) in [5.41, 5.74) is 1.86. The van der Waals surface area contributed by atoms with E-state index in [2.05, 4.69) is 55.5 Å². The molecule has 0 aliphatic carbocycles. The Morgan fingerprint density at radius 2 is 1.59 bits per heavy atom. The number of hydrogen-bond donors (Lipinski definition) is 6. The third-order valence-electron chi connectivity index (χ3n) is 16.2. The van der Waals surface area contributed by atoms with E-state index in [4.69, 9.17) is 9.47 Å². The maximum atomic E-state index is 15.0. The molecule has 5 aliphatic heterocycles. The van der Waals surface area contributed by atoms with Crippen molar-refractivity contribution in [2.24, 2.45) is 5.92 Å². The van der Waals surface area contributed by atoms with E-state index in [1.54, 1.807) is 50.1 Å². The largest absolute Gasteiger partial charge is 0.381 e. The summed E-state index contributed by atoms with van der Waals surface area (Å²) >= 11 is 0. The summed E-state index contributed by atoms with van der Waals surface area (Å²) in [7, 11) is 1.61. The van der Waals surface area contributed by atoms with Gasteiger partial charge >= 0.3 is 0 Å². The van der Waals surface area contributed by atoms with Crippen LogP contribution in [0, 0.1) is 23.4 Å². The van der Waals surface area contributed by atoms with Gasteiger partial charge in [0.1, 0.15) is 35.2 Å². The van der Waals surface area contributed by atoms with Crippen LogP contribution in [0.4, 0.5) is 30.2 Å². The monoisotopic (exact) mass is 1090 g/mol. The van der Waals surface area contributed by atoms with E-state index in [0.29, 0.717) is 75.6 Å². The lowest BCUT2D eigenvalue weighted by atomic mass is 9.83. The second kappa shape index (κ2) is 24.7. The van der Waals surface area contributed by atoms with E-state index in [9.17, 15) is 33.2 Å². The average Bonchev–Trinajstić information content (AvgIpc) is 4.20. The molecule has 3 saturated heterocycles. The first-order valence-corrected chi connectivity index (χ1v) is 27.2. The number of carbonyl (C=O) groups is 6. The Balaban J connectivity index is 0.934. The van der Waals surface area contributed by atoms with Gasteiger partial charge in [-0.15, -0.1) is 0 Å². The third-order valence-corrected chi connectivity index (χ3v) is 16.2. The average molecular weight is 1090 g/mol. The second-order valence-corrected chi connectivity index (χ2v) is 21.8. The molecule has 18 nitrogen and oxygen atoms in total. The van der Waals surface area contributed by atoms with Crippen LogP contribution < -0.4 is 36.8 Å². The summed E-state index contributed by atoms with van der Waals surface area (Å²) in [6.45, 7) is 12.0. The van der Waals surface area contributed by atoms with Crippen molar-refractivity contribution >= 4 is 52.5 Å². The van der Waals surface area contributed by atoms with Crippen molar-refractivity contribution in [3.8, 4) is 0 Å². The molecular weight excluding hydrogens is 1020 g/mol. The van der Waals surface area contributed by atoms with E-state index < -0.39 is 76.9 Å². The van der Waals surface area contributed by atoms with Crippen molar-refractivity contribution in [3.63, 3.8) is 0 Å². The van der Waals surface area contributed by atoms with Crippen LogP contribution in [-0.4, -0.2) is 160 Å². The zero-order valence-corrected chi connectivity index (χ0v) is 45.3. The number of nitrogens with one attached hydrogen (secondary N) is 6. The smallest absolute Gasteiger partial charge is 0.252 e. The first kappa shape index (κ1) is 57.0. The number of fused-ring (bicyclic) bond motifs is 2. The fourth-order valence-electron chi connectivity index (χ4n) is 11.5. The number of morpholine rings is 1. The number of amides is 6. The highest BCUT2D eigenvalue weighted by molar-refractivity contribution is 6.05. The summed E-state index contributed by atoms with van der Waals surface area (Å²) in [5.74, 6) is -6.05. The second-order valence-electron chi connectivity index (χ2n) is 21.8. The lowest BCUT2D eigenvalue weighted by molar-refractivity contribution is -0.144. The molecule has 6 N–H and O–H groups in total. The third kappa shape index (κ3) is 12.8. The zero-order chi connectivity index (χ0) is 56.1. The van der Waals surface area contributed by atoms with Gasteiger partial charge in [-0.05, 0) is 130 Å². The van der Waals surface area contributed by atoms with Gasteiger partial charge in [-0.25, -0.2) is 13.2 Å². The number of hydrogen-bond acceptors (Lipinski definition) is 12. The van der Waals surface area contributed by atoms with E-state index in [1.807, 2.05) is 18.2 Å². The summed E-state index contributed by atoms with van der Waals surface area (Å²) < 4.78 is 55.2. The summed E-state index contributed by atoms with van der Waals surface area (Å²) in [6.07, 6.45) is 1.35. The Hall–Kier alpha value is -6.75. The standard InChI is InChI=1S/C58H71F3N10O8/c1-34-28-69(43(26-63-34)30-68-19-22-79-32-35(68)2)31-50(73)71-33-58(4,45-16-11-38(24-48(45)71)23-37-9-13-41(59)14-10-37)57(77)64-27-49(72)65-42-15-12-40-29-70(53(44(40)25-42)55(75)67-52-46(60)7-6-8-47(52)61)56(76)51(39-17-20-78-21-18-39)66-54(74)36(3)62-5/h6-16,24-25,34-36,39,43,51,53,62-63H,17-23,26-33H2,1-5H3,(H,64,77)(H,65,72)(H,66,74)(H,67,75)/t34-,35-,36?,43-,51?,53+,58+/m1/s1. The van der Waals surface area contributed by atoms with Crippen molar-refractivity contribution in [1.82, 2.24) is 36.0 Å². The Kier molecular flexibility index (Phi) is 17.8. The van der Waals surface area contributed by atoms with Crippen LogP contribution in [0.25, 0.3) is 0 Å². The molecule has 4 aromatic rings. The van der Waals surface area contributed by atoms with Gasteiger partial charge < -0.3 is 51.2 Å². The molecule has 3 fully saturated rings. The molecule has 0 aromatic heterocycles. The Bertz CT molecular complexity index is 2910. The van der Waals surface area contributed by atoms with Crippen LogP contribution in [0.1, 0.15) is 74.4 Å². The molecule has 0 saturated carbocycles. The fourth-order valence-corrected chi connectivity index (χ4v) is 11.5. The molecule has 0 spiro atoms. The minimum Gasteiger partial charge on any atom is -0.381 e. The number of carbonyl (C=O) groups excluding carboxylic acids is 6. The van der Waals surface area contributed by atoms with Crippen molar-refractivity contribution in [2.45, 2.75) is 95.2 Å². The highest BCUT2D eigenvalue weighted by Crippen LogP contribution is 2.43. The summed E-state index contributed by atoms with van der Waals surface area (Å²) in [5, 5.41) is 17.3. The number of ether oxygens (including phenoxy) is 2. The first-order chi connectivity index (χ1) is 37.9. The van der Waals surface area contributed by atoms with Gasteiger partial charge in [0, 0.05) is 82.0 Å². The number of para-hydroxylation sites is 1. The number of anilines is 3. The molecule has 5 heterocycles. The number of likely N-dealkylation sites (N-methyl/N-ethyl adjacent to an activating group) is 1. The molecule has 0 radical (unpaired) electrons. The van der Waals surface area contributed by atoms with Gasteiger partial charge in [-0.2, -0.15) is 0 Å². The molecule has 21 heteroatoms. The minimum atomic E-state index is -1.46. The molecule has 422 valence electrons. The highest BCUT2D eigenvalue weighted by Gasteiger charge is 2.48. The SMILES string of the molecule is CNC(C)C(=O)NC(C(=O)N1Cc2ccc(NC(=O)CNC(=O)[C@@]3(C)CN(C(=O)CN4C[C@@H](C)NC[C@@H]4CN4CCOC[C@H]4C)c4cc(Cc5ccc(F)cc5)ccc43)cc2[C@H]1C(=O)Nc1c(F)cccc1F)C1CCOCC1. The molecule has 7 atom stereocenters. The van der Waals surface area contributed by atoms with Gasteiger partial charge in [0.15, 0.2) is 0 Å². The summed E-state index contributed by atoms with van der Waals surface area (Å²) in [4.78, 5) is 93.3. The predicted octanol–water partition coefficient (Wildman–Crippen LogP) is 3.98. The first-order valence-electron chi connectivity index (χ1n) is 27.2. The lowest BCUT2D eigenvalue weighted by Crippen LogP contribution is -2.62. The van der Waals surface area contributed by atoms with Crippen molar-refractivity contribution in [3.05, 3.63) is 124 Å². The van der Waals surface area contributed by atoms with Crippen LogP contribution in [0.2, 0.25) is 0 Å². The molecule has 79 heavy (non-hydrogen) atoms. The molecule has 0 bridgehead atoms. The van der Waals surface area contributed by atoms with Crippen LogP contribution in [0.3, 0.4) is 0 Å². The normalized spacial score (nSPS) is 23.3. The van der Waals surface area contributed by atoms with Crippen LogP contribution in [-0.2, 0) is 56.6 Å². The van der Waals surface area contributed by atoms with Crippen molar-refractivity contribution in [2.75, 3.05) is 94.8 Å². The Labute approximate surface area is 458 Å². The van der Waals surface area contributed by atoms with Gasteiger partial charge in [0.2, 0.25) is 29.5 Å². The molecular formula is C58H71F3N10O8. The quantitative estimate of drug-likeness (QED) is 0.0889. The number of benzene rings is 4. The van der Waals surface area contributed by atoms with E-state index in [1.165, 1.54) is 23.1 Å². The van der Waals surface area contributed by atoms with E-state index in [-0.39, 0.29) is 66.7 Å². The minimum absolute atomic E-state index is 0.00468. The molecule has 4 aromatic carbocycles. The fraction of sp³-hybridized carbons (Fsp3) is 0.483. The number of rotatable bonds is 17.